The van der Waals surface area contributed by atoms with Crippen molar-refractivity contribution in [3.63, 3.8) is 0 Å². The van der Waals surface area contributed by atoms with Gasteiger partial charge < -0.3 is 9.80 Å². The molecule has 0 saturated carbocycles. The van der Waals surface area contributed by atoms with Crippen LogP contribution in [-0.2, 0) is 4.79 Å². The third-order valence-corrected chi connectivity index (χ3v) is 5.75. The van der Waals surface area contributed by atoms with Crippen molar-refractivity contribution >= 4 is 11.8 Å². The van der Waals surface area contributed by atoms with Crippen molar-refractivity contribution in [2.45, 2.75) is 51.9 Å². The zero-order valence-corrected chi connectivity index (χ0v) is 15.4. The summed E-state index contributed by atoms with van der Waals surface area (Å²) in [7, 11) is 0. The maximum absolute atomic E-state index is 12.7. The summed E-state index contributed by atoms with van der Waals surface area (Å²) in [5.74, 6) is 1.06. The molecule has 0 atom stereocenters. The highest BCUT2D eigenvalue weighted by atomic mass is 16.2. The van der Waals surface area contributed by atoms with Gasteiger partial charge in [-0.1, -0.05) is 18.2 Å². The SMILES string of the molecule is Cc1ccccc1C(=O)N1CCC(CCC(=O)N2CCCCC2)CC1. The number of hydrogen-bond acceptors (Lipinski definition) is 2. The average Bonchev–Trinajstić information content (AvgIpc) is 2.67. The lowest BCUT2D eigenvalue weighted by molar-refractivity contribution is -0.132. The number of carbonyl (C=O) groups excluding carboxylic acids is 2. The highest BCUT2D eigenvalue weighted by Gasteiger charge is 2.25. The summed E-state index contributed by atoms with van der Waals surface area (Å²) >= 11 is 0. The Morgan fingerprint density at radius 3 is 2.32 bits per heavy atom. The number of likely N-dealkylation sites (tertiary alicyclic amines) is 2. The lowest BCUT2D eigenvalue weighted by Crippen LogP contribution is -2.39. The van der Waals surface area contributed by atoms with Crippen LogP contribution in [0.25, 0.3) is 0 Å². The van der Waals surface area contributed by atoms with Crippen LogP contribution >= 0.6 is 0 Å². The Labute approximate surface area is 151 Å². The van der Waals surface area contributed by atoms with Crippen molar-refractivity contribution < 1.29 is 9.59 Å². The van der Waals surface area contributed by atoms with Crippen molar-refractivity contribution in [2.75, 3.05) is 26.2 Å². The standard InChI is InChI=1S/C21H30N2O2/c1-17-7-3-4-8-19(17)21(25)23-15-11-18(12-16-23)9-10-20(24)22-13-5-2-6-14-22/h3-4,7-8,18H,2,5-6,9-16H2,1H3. The molecule has 2 aliphatic rings. The van der Waals surface area contributed by atoms with E-state index in [0.29, 0.717) is 18.2 Å². The van der Waals surface area contributed by atoms with E-state index in [4.69, 9.17) is 0 Å². The lowest BCUT2D eigenvalue weighted by Gasteiger charge is -2.33. The van der Waals surface area contributed by atoms with E-state index in [1.165, 1.54) is 6.42 Å². The molecule has 3 rings (SSSR count). The van der Waals surface area contributed by atoms with E-state index in [2.05, 4.69) is 0 Å². The van der Waals surface area contributed by atoms with Crippen LogP contribution in [0.3, 0.4) is 0 Å². The number of amides is 2. The maximum atomic E-state index is 12.7. The zero-order chi connectivity index (χ0) is 17.6. The molecule has 2 amide bonds. The first kappa shape index (κ1) is 18.0. The summed E-state index contributed by atoms with van der Waals surface area (Å²) in [5.41, 5.74) is 1.86. The fourth-order valence-corrected chi connectivity index (χ4v) is 4.04. The van der Waals surface area contributed by atoms with Gasteiger partial charge in [0.15, 0.2) is 0 Å². The predicted octanol–water partition coefficient (Wildman–Crippen LogP) is 3.64. The van der Waals surface area contributed by atoms with Crippen LogP contribution in [0.2, 0.25) is 0 Å². The molecule has 0 bridgehead atoms. The first-order valence-corrected chi connectivity index (χ1v) is 9.78. The Kier molecular flexibility index (Phi) is 6.11. The molecular formula is C21H30N2O2. The fraction of sp³-hybridized carbons (Fsp3) is 0.619. The van der Waals surface area contributed by atoms with E-state index in [1.807, 2.05) is 41.0 Å². The Morgan fingerprint density at radius 1 is 0.960 bits per heavy atom. The van der Waals surface area contributed by atoms with E-state index >= 15 is 0 Å². The van der Waals surface area contributed by atoms with Crippen molar-refractivity contribution in [1.82, 2.24) is 9.80 Å². The second-order valence-electron chi connectivity index (χ2n) is 7.53. The van der Waals surface area contributed by atoms with Gasteiger partial charge in [0.05, 0.1) is 0 Å². The third-order valence-electron chi connectivity index (χ3n) is 5.75. The minimum atomic E-state index is 0.154. The van der Waals surface area contributed by atoms with Gasteiger partial charge in [0, 0.05) is 38.2 Å². The minimum Gasteiger partial charge on any atom is -0.343 e. The second-order valence-corrected chi connectivity index (χ2v) is 7.53. The van der Waals surface area contributed by atoms with Crippen molar-refractivity contribution in [1.29, 1.82) is 0 Å². The summed E-state index contributed by atoms with van der Waals surface area (Å²) in [4.78, 5) is 29.0. The van der Waals surface area contributed by atoms with Crippen LogP contribution in [0.4, 0.5) is 0 Å². The van der Waals surface area contributed by atoms with E-state index in [1.54, 1.807) is 0 Å². The number of rotatable bonds is 4. The van der Waals surface area contributed by atoms with E-state index < -0.39 is 0 Å². The topological polar surface area (TPSA) is 40.6 Å². The van der Waals surface area contributed by atoms with Crippen LogP contribution in [0.15, 0.2) is 24.3 Å². The molecule has 1 aromatic rings. The summed E-state index contributed by atoms with van der Waals surface area (Å²) in [6, 6.07) is 7.81. The smallest absolute Gasteiger partial charge is 0.254 e. The molecule has 4 heteroatoms. The van der Waals surface area contributed by atoms with E-state index in [9.17, 15) is 9.59 Å². The monoisotopic (exact) mass is 342 g/mol. The lowest BCUT2D eigenvalue weighted by atomic mass is 9.91. The number of aryl methyl sites for hydroxylation is 1. The molecule has 0 N–H and O–H groups in total. The Morgan fingerprint density at radius 2 is 1.64 bits per heavy atom. The molecule has 0 aliphatic carbocycles. The third kappa shape index (κ3) is 4.62. The molecule has 1 aromatic carbocycles. The van der Waals surface area contributed by atoms with Gasteiger partial charge in [-0.3, -0.25) is 9.59 Å². The van der Waals surface area contributed by atoms with Crippen molar-refractivity contribution in [2.24, 2.45) is 5.92 Å². The highest BCUT2D eigenvalue weighted by Crippen LogP contribution is 2.24. The predicted molar refractivity (Wildman–Crippen MR) is 99.5 cm³/mol. The molecular weight excluding hydrogens is 312 g/mol. The maximum Gasteiger partial charge on any atom is 0.254 e. The fourth-order valence-electron chi connectivity index (χ4n) is 4.04. The van der Waals surface area contributed by atoms with Gasteiger partial charge in [0.2, 0.25) is 5.91 Å². The zero-order valence-electron chi connectivity index (χ0n) is 15.4. The highest BCUT2D eigenvalue weighted by molar-refractivity contribution is 5.95. The van der Waals surface area contributed by atoms with Gasteiger partial charge in [-0.2, -0.15) is 0 Å². The molecule has 2 saturated heterocycles. The molecule has 2 heterocycles. The normalized spacial score (nSPS) is 19.1. The van der Waals surface area contributed by atoms with Gasteiger partial charge >= 0.3 is 0 Å². The van der Waals surface area contributed by atoms with Crippen molar-refractivity contribution in [3.8, 4) is 0 Å². The van der Waals surface area contributed by atoms with Gasteiger partial charge in [0.25, 0.3) is 5.91 Å². The second kappa shape index (κ2) is 8.50. The molecule has 25 heavy (non-hydrogen) atoms. The molecule has 0 aromatic heterocycles. The minimum absolute atomic E-state index is 0.154. The average molecular weight is 342 g/mol. The molecule has 0 unspecified atom stereocenters. The van der Waals surface area contributed by atoms with Crippen LogP contribution < -0.4 is 0 Å². The summed E-state index contributed by atoms with van der Waals surface area (Å²) < 4.78 is 0. The van der Waals surface area contributed by atoms with Crippen LogP contribution in [0, 0.1) is 12.8 Å². The molecule has 0 spiro atoms. The largest absolute Gasteiger partial charge is 0.343 e. The van der Waals surface area contributed by atoms with Crippen LogP contribution in [-0.4, -0.2) is 47.8 Å². The number of piperidine rings is 2. The van der Waals surface area contributed by atoms with Gasteiger partial charge in [0.1, 0.15) is 0 Å². The Hall–Kier alpha value is -1.84. The molecule has 2 fully saturated rings. The Bertz CT molecular complexity index is 600. The number of benzene rings is 1. The number of hydrogen-bond donors (Lipinski definition) is 0. The molecule has 136 valence electrons. The number of carbonyl (C=O) groups is 2. The van der Waals surface area contributed by atoms with E-state index in [-0.39, 0.29) is 5.91 Å². The van der Waals surface area contributed by atoms with Crippen molar-refractivity contribution in [3.05, 3.63) is 35.4 Å². The van der Waals surface area contributed by atoms with Gasteiger partial charge in [-0.05, 0) is 63.0 Å². The summed E-state index contributed by atoms with van der Waals surface area (Å²) in [5, 5.41) is 0. The van der Waals surface area contributed by atoms with Crippen LogP contribution in [0.1, 0.15) is 60.9 Å². The van der Waals surface area contributed by atoms with Gasteiger partial charge in [-0.25, -0.2) is 0 Å². The summed E-state index contributed by atoms with van der Waals surface area (Å²) in [6.07, 6.45) is 7.27. The first-order chi connectivity index (χ1) is 12.1. The quantitative estimate of drug-likeness (QED) is 0.838. The molecule has 0 radical (unpaired) electrons. The summed E-state index contributed by atoms with van der Waals surface area (Å²) in [6.45, 7) is 5.52. The number of nitrogens with zero attached hydrogens (tertiary/aromatic N) is 2. The molecule has 2 aliphatic heterocycles. The van der Waals surface area contributed by atoms with E-state index in [0.717, 1.165) is 69.4 Å². The Balaban J connectivity index is 1.43. The molecule has 4 nitrogen and oxygen atoms in total. The van der Waals surface area contributed by atoms with Crippen LogP contribution in [0.5, 0.6) is 0 Å². The van der Waals surface area contributed by atoms with Gasteiger partial charge in [-0.15, -0.1) is 0 Å². The first-order valence-electron chi connectivity index (χ1n) is 9.78.